The van der Waals surface area contributed by atoms with Crippen molar-refractivity contribution in [2.24, 2.45) is 10.7 Å². The summed E-state index contributed by atoms with van der Waals surface area (Å²) in [5.74, 6) is -0.862. The van der Waals surface area contributed by atoms with E-state index in [4.69, 9.17) is 27.1 Å². The maximum atomic E-state index is 14.5. The van der Waals surface area contributed by atoms with E-state index in [1.54, 1.807) is 35.2 Å². The molecule has 2 aliphatic heterocycles. The largest absolute Gasteiger partial charge is 0.487 e. The van der Waals surface area contributed by atoms with Crippen LogP contribution in [0.2, 0.25) is 5.02 Å². The van der Waals surface area contributed by atoms with Crippen molar-refractivity contribution < 1.29 is 23.9 Å². The summed E-state index contributed by atoms with van der Waals surface area (Å²) in [5.41, 5.74) is 6.88. The number of nitrogens with one attached hydrogen (secondary N) is 1. The molecule has 2 aliphatic rings. The topological polar surface area (TPSA) is 134 Å². The van der Waals surface area contributed by atoms with Crippen LogP contribution in [0.5, 0.6) is 5.75 Å². The highest BCUT2D eigenvalue weighted by Gasteiger charge is 2.45. The number of rotatable bonds is 7. The number of piperazine rings is 1. The zero-order chi connectivity index (χ0) is 32.5. The van der Waals surface area contributed by atoms with Gasteiger partial charge in [-0.05, 0) is 68.3 Å². The van der Waals surface area contributed by atoms with Crippen molar-refractivity contribution >= 4 is 57.0 Å². The molecule has 0 radical (unpaired) electrons. The smallest absolute Gasteiger partial charge is 0.326 e. The van der Waals surface area contributed by atoms with Crippen LogP contribution >= 0.6 is 27.5 Å². The maximum absolute atomic E-state index is 14.5. The minimum atomic E-state index is -0.744. The number of hydrogen-bond donors (Lipinski definition) is 2. The normalized spacial score (nSPS) is 18.3. The predicted molar refractivity (Wildman–Crippen MR) is 174 cm³/mol. The summed E-state index contributed by atoms with van der Waals surface area (Å²) in [6.45, 7) is 6.10. The molecule has 1 saturated heterocycles. The molecule has 0 spiro atoms. The number of aliphatic imine (C=N–C) groups is 1. The average Bonchev–Trinajstić information content (AvgIpc) is 3.36. The fourth-order valence-electron chi connectivity index (χ4n) is 5.39. The van der Waals surface area contributed by atoms with Gasteiger partial charge < -0.3 is 20.7 Å². The summed E-state index contributed by atoms with van der Waals surface area (Å²) in [6.07, 6.45) is -0.459. The van der Waals surface area contributed by atoms with E-state index in [0.29, 0.717) is 35.3 Å². The number of nitrogens with two attached hydrogens (primary N) is 1. The van der Waals surface area contributed by atoms with E-state index in [-0.39, 0.29) is 18.0 Å². The standard InChI is InChI=1S/C33H33BrClN5O5/c1-33(2,3)45-26-16-20(25(41)17-27(36)42)9-12-24(26)31-38-29(19-7-10-22(34)11-8-19)30(21-5-4-6-23(35)15-21)40(31)32(44)39-14-13-37-28(43)18-39/h4-12,15-16,29-30H,13-14,17-18H2,1-3H3,(H2,36,42)(H,37,43). The summed E-state index contributed by atoms with van der Waals surface area (Å²) < 4.78 is 7.24. The van der Waals surface area contributed by atoms with E-state index in [9.17, 15) is 19.2 Å². The fourth-order valence-corrected chi connectivity index (χ4v) is 5.86. The molecule has 234 valence electrons. The first-order chi connectivity index (χ1) is 21.3. The molecule has 3 aromatic carbocycles. The Labute approximate surface area is 274 Å². The van der Waals surface area contributed by atoms with Crippen molar-refractivity contribution in [1.29, 1.82) is 0 Å². The van der Waals surface area contributed by atoms with Gasteiger partial charge >= 0.3 is 6.03 Å². The molecule has 5 rings (SSSR count). The van der Waals surface area contributed by atoms with Gasteiger partial charge in [0.2, 0.25) is 11.8 Å². The number of carbonyl (C=O) groups excluding carboxylic acids is 4. The minimum absolute atomic E-state index is 0.111. The number of amides is 4. The number of benzene rings is 3. The lowest BCUT2D eigenvalue weighted by Crippen LogP contribution is -2.55. The first kappa shape index (κ1) is 32.2. The highest BCUT2D eigenvalue weighted by molar-refractivity contribution is 9.10. The lowest BCUT2D eigenvalue weighted by Gasteiger charge is -2.36. The summed E-state index contributed by atoms with van der Waals surface area (Å²) >= 11 is 9.97. The van der Waals surface area contributed by atoms with Crippen molar-refractivity contribution in [2.45, 2.75) is 44.9 Å². The van der Waals surface area contributed by atoms with Gasteiger partial charge in [-0.1, -0.05) is 57.9 Å². The molecule has 2 atom stereocenters. The number of primary amides is 1. The summed E-state index contributed by atoms with van der Waals surface area (Å²) in [5, 5.41) is 3.26. The van der Waals surface area contributed by atoms with Gasteiger partial charge in [-0.3, -0.25) is 24.3 Å². The molecular weight excluding hydrogens is 662 g/mol. The Kier molecular flexibility index (Phi) is 9.31. The number of halogens is 2. The SMILES string of the molecule is CC(C)(C)Oc1cc(C(=O)CC(N)=O)ccc1C1=NC(c2ccc(Br)cc2)C(c2cccc(Cl)c2)N1C(=O)N1CCNC(=O)C1. The molecule has 10 nitrogen and oxygen atoms in total. The van der Waals surface area contributed by atoms with Crippen molar-refractivity contribution in [2.75, 3.05) is 19.6 Å². The third-order valence-corrected chi connectivity index (χ3v) is 8.04. The van der Waals surface area contributed by atoms with E-state index in [1.807, 2.05) is 57.2 Å². The number of ketones is 1. The van der Waals surface area contributed by atoms with Crippen LogP contribution in [0.4, 0.5) is 4.79 Å². The maximum Gasteiger partial charge on any atom is 0.326 e. The summed E-state index contributed by atoms with van der Waals surface area (Å²) in [6, 6.07) is 18.1. The van der Waals surface area contributed by atoms with Gasteiger partial charge in [0.1, 0.15) is 29.8 Å². The molecule has 0 aromatic heterocycles. The molecule has 1 fully saturated rings. The van der Waals surface area contributed by atoms with Gasteiger partial charge in [-0.2, -0.15) is 0 Å². The van der Waals surface area contributed by atoms with E-state index < -0.39 is 41.8 Å². The van der Waals surface area contributed by atoms with Crippen LogP contribution < -0.4 is 15.8 Å². The molecular formula is C33H33BrClN5O5. The van der Waals surface area contributed by atoms with Crippen molar-refractivity contribution in [3.05, 3.63) is 98.5 Å². The van der Waals surface area contributed by atoms with Gasteiger partial charge in [-0.25, -0.2) is 4.79 Å². The molecule has 4 amide bonds. The number of nitrogens with zero attached hydrogens (tertiary/aromatic N) is 3. The summed E-state index contributed by atoms with van der Waals surface area (Å²) in [4.78, 5) is 59.5. The van der Waals surface area contributed by atoms with Crippen LogP contribution in [-0.4, -0.2) is 64.5 Å². The molecule has 0 aliphatic carbocycles. The van der Waals surface area contributed by atoms with E-state index in [1.165, 1.54) is 4.90 Å². The number of amidine groups is 1. The van der Waals surface area contributed by atoms with Crippen LogP contribution in [0, 0.1) is 0 Å². The lowest BCUT2D eigenvalue weighted by atomic mass is 9.93. The van der Waals surface area contributed by atoms with Gasteiger partial charge in [0.15, 0.2) is 5.78 Å². The monoisotopic (exact) mass is 693 g/mol. The number of urea groups is 1. The minimum Gasteiger partial charge on any atom is -0.487 e. The van der Waals surface area contributed by atoms with Crippen LogP contribution in [0.1, 0.15) is 66.3 Å². The molecule has 3 N–H and O–H groups in total. The van der Waals surface area contributed by atoms with Gasteiger partial charge in [0.25, 0.3) is 0 Å². The Morgan fingerprint density at radius 2 is 1.80 bits per heavy atom. The van der Waals surface area contributed by atoms with Gasteiger partial charge in [-0.15, -0.1) is 0 Å². The second-order valence-electron chi connectivity index (χ2n) is 11.9. The zero-order valence-corrected chi connectivity index (χ0v) is 27.4. The number of carbonyl (C=O) groups is 4. The number of ether oxygens (including phenoxy) is 1. The average molecular weight is 695 g/mol. The number of Topliss-reactive ketones (excluding diaryl/α,β-unsaturated/α-hetero) is 1. The van der Waals surface area contributed by atoms with Crippen LogP contribution in [0.25, 0.3) is 0 Å². The van der Waals surface area contributed by atoms with E-state index >= 15 is 0 Å². The Balaban J connectivity index is 1.73. The van der Waals surface area contributed by atoms with Crippen molar-refractivity contribution in [1.82, 2.24) is 15.1 Å². The van der Waals surface area contributed by atoms with Crippen molar-refractivity contribution in [3.63, 3.8) is 0 Å². The molecule has 2 unspecified atom stereocenters. The van der Waals surface area contributed by atoms with Crippen LogP contribution in [0.15, 0.2) is 76.2 Å². The zero-order valence-electron chi connectivity index (χ0n) is 25.1. The lowest BCUT2D eigenvalue weighted by molar-refractivity contribution is -0.123. The Bertz CT molecular complexity index is 1690. The predicted octanol–water partition coefficient (Wildman–Crippen LogP) is 5.43. The molecule has 45 heavy (non-hydrogen) atoms. The second kappa shape index (κ2) is 13.0. The van der Waals surface area contributed by atoms with Gasteiger partial charge in [0.05, 0.1) is 18.0 Å². The quantitative estimate of drug-likeness (QED) is 0.251. The first-order valence-electron chi connectivity index (χ1n) is 14.4. The first-order valence-corrected chi connectivity index (χ1v) is 15.6. The molecule has 0 saturated carbocycles. The van der Waals surface area contributed by atoms with Crippen LogP contribution in [-0.2, 0) is 9.59 Å². The van der Waals surface area contributed by atoms with E-state index in [2.05, 4.69) is 21.2 Å². The second-order valence-corrected chi connectivity index (χ2v) is 13.2. The van der Waals surface area contributed by atoms with E-state index in [0.717, 1.165) is 15.6 Å². The Morgan fingerprint density at radius 3 is 2.44 bits per heavy atom. The Morgan fingerprint density at radius 1 is 1.07 bits per heavy atom. The third kappa shape index (κ3) is 7.37. The van der Waals surface area contributed by atoms with Crippen molar-refractivity contribution in [3.8, 4) is 5.75 Å². The summed E-state index contributed by atoms with van der Waals surface area (Å²) in [7, 11) is 0. The molecule has 2 heterocycles. The highest BCUT2D eigenvalue weighted by atomic mass is 79.9. The molecule has 3 aromatic rings. The Hall–Kier alpha value is -4.22. The van der Waals surface area contributed by atoms with Crippen LogP contribution in [0.3, 0.4) is 0 Å². The highest BCUT2D eigenvalue weighted by Crippen LogP contribution is 2.46. The molecule has 12 heteroatoms. The number of hydrogen-bond acceptors (Lipinski definition) is 6. The molecule has 0 bridgehead atoms. The fraction of sp³-hybridized carbons (Fsp3) is 0.303. The van der Waals surface area contributed by atoms with Gasteiger partial charge in [0, 0.05) is 28.1 Å². The third-order valence-electron chi connectivity index (χ3n) is 7.28.